The van der Waals surface area contributed by atoms with Crippen LogP contribution in [0.3, 0.4) is 0 Å². The first kappa shape index (κ1) is 20.5. The summed E-state index contributed by atoms with van der Waals surface area (Å²) in [7, 11) is 1.49. The summed E-state index contributed by atoms with van der Waals surface area (Å²) < 4.78 is 0. The van der Waals surface area contributed by atoms with Crippen LogP contribution < -0.4 is 15.5 Å². The molecule has 8 nitrogen and oxygen atoms in total. The Kier molecular flexibility index (Phi) is 7.11. The molecule has 0 bridgehead atoms. The van der Waals surface area contributed by atoms with Gasteiger partial charge in [-0.15, -0.1) is 6.42 Å². The number of nitrogens with one attached hydrogen (secondary N) is 2. The number of amides is 2. The normalized spacial score (nSPS) is 9.86. The zero-order valence-corrected chi connectivity index (χ0v) is 15.3. The van der Waals surface area contributed by atoms with E-state index in [2.05, 4.69) is 16.6 Å². The van der Waals surface area contributed by atoms with Crippen LogP contribution in [-0.2, 0) is 9.59 Å². The van der Waals surface area contributed by atoms with Crippen LogP contribution in [0.1, 0.15) is 12.0 Å². The van der Waals surface area contributed by atoms with Gasteiger partial charge in [-0.1, -0.05) is 24.1 Å². The molecule has 0 radical (unpaired) electrons. The maximum absolute atomic E-state index is 12.7. The molecule has 0 aliphatic rings. The zero-order chi connectivity index (χ0) is 20.5. The maximum Gasteiger partial charge on any atom is 0.292 e. The number of carbonyl (C=O) groups is 2. The Morgan fingerprint density at radius 2 is 1.96 bits per heavy atom. The minimum Gasteiger partial charge on any atom is -0.379 e. The van der Waals surface area contributed by atoms with Crippen LogP contribution in [0.2, 0.25) is 0 Å². The number of anilines is 2. The van der Waals surface area contributed by atoms with Crippen molar-refractivity contribution in [3.05, 3.63) is 64.2 Å². The number of likely N-dealkylation sites (N-methyl/N-ethyl adjacent to an activating group) is 1. The molecule has 0 aliphatic heterocycles. The summed E-state index contributed by atoms with van der Waals surface area (Å²) >= 11 is 0. The minimum atomic E-state index is -0.493. The fourth-order valence-electron chi connectivity index (χ4n) is 2.53. The van der Waals surface area contributed by atoms with E-state index < -0.39 is 4.92 Å². The van der Waals surface area contributed by atoms with Gasteiger partial charge >= 0.3 is 0 Å². The van der Waals surface area contributed by atoms with Crippen LogP contribution >= 0.6 is 0 Å². The quantitative estimate of drug-likeness (QED) is 0.415. The van der Waals surface area contributed by atoms with Crippen molar-refractivity contribution in [3.8, 4) is 12.3 Å². The lowest BCUT2D eigenvalue weighted by atomic mass is 10.2. The predicted octanol–water partition coefficient (Wildman–Crippen LogP) is 2.16. The van der Waals surface area contributed by atoms with Crippen LogP contribution in [0.25, 0.3) is 0 Å². The molecule has 0 saturated carbocycles. The highest BCUT2D eigenvalue weighted by molar-refractivity contribution is 5.99. The van der Waals surface area contributed by atoms with E-state index in [1.54, 1.807) is 42.5 Å². The highest BCUT2D eigenvalue weighted by Gasteiger charge is 2.19. The Morgan fingerprint density at radius 3 is 2.64 bits per heavy atom. The molecule has 0 fully saturated rings. The van der Waals surface area contributed by atoms with Crippen LogP contribution in [0.5, 0.6) is 0 Å². The minimum absolute atomic E-state index is 0.0311. The van der Waals surface area contributed by atoms with Crippen molar-refractivity contribution >= 4 is 28.9 Å². The van der Waals surface area contributed by atoms with E-state index >= 15 is 0 Å². The number of nitro groups is 1. The number of hydrogen-bond donors (Lipinski definition) is 2. The van der Waals surface area contributed by atoms with E-state index in [9.17, 15) is 19.7 Å². The molecule has 2 amide bonds. The van der Waals surface area contributed by atoms with E-state index in [1.165, 1.54) is 18.0 Å². The number of nitro benzene ring substituents is 1. The molecule has 0 aromatic heterocycles. The Bertz CT molecular complexity index is 920. The maximum atomic E-state index is 12.7. The Hall–Kier alpha value is -3.86. The van der Waals surface area contributed by atoms with Crippen LogP contribution in [0.15, 0.2) is 48.5 Å². The molecule has 2 rings (SSSR count). The highest BCUT2D eigenvalue weighted by Crippen LogP contribution is 2.23. The number of hydrogen-bond acceptors (Lipinski definition) is 5. The van der Waals surface area contributed by atoms with Gasteiger partial charge in [0, 0.05) is 37.3 Å². The molecular formula is C20H20N4O4. The molecule has 2 aromatic carbocycles. The van der Waals surface area contributed by atoms with Gasteiger partial charge in [0.25, 0.3) is 5.69 Å². The molecule has 2 aromatic rings. The number of nitrogens with zero attached hydrogens (tertiary/aromatic N) is 2. The summed E-state index contributed by atoms with van der Waals surface area (Å²) in [4.78, 5) is 36.5. The first-order valence-electron chi connectivity index (χ1n) is 8.51. The van der Waals surface area contributed by atoms with Gasteiger partial charge in [0.15, 0.2) is 0 Å². The van der Waals surface area contributed by atoms with Crippen molar-refractivity contribution in [1.82, 2.24) is 5.32 Å². The second-order valence-electron chi connectivity index (χ2n) is 5.80. The summed E-state index contributed by atoms with van der Waals surface area (Å²) in [6.07, 6.45) is 5.44. The van der Waals surface area contributed by atoms with Crippen LogP contribution in [0, 0.1) is 22.5 Å². The topological polar surface area (TPSA) is 105 Å². The largest absolute Gasteiger partial charge is 0.379 e. The third kappa shape index (κ3) is 5.32. The van der Waals surface area contributed by atoms with Crippen molar-refractivity contribution in [1.29, 1.82) is 0 Å². The van der Waals surface area contributed by atoms with Gasteiger partial charge in [0.05, 0.1) is 4.92 Å². The lowest BCUT2D eigenvalue weighted by Gasteiger charge is -2.22. The summed E-state index contributed by atoms with van der Waals surface area (Å²) in [5.41, 5.74) is 1.35. The molecule has 0 unspecified atom stereocenters. The molecule has 2 N–H and O–H groups in total. The van der Waals surface area contributed by atoms with E-state index in [4.69, 9.17) is 6.42 Å². The Labute approximate surface area is 162 Å². The first-order valence-corrected chi connectivity index (χ1v) is 8.51. The van der Waals surface area contributed by atoms with Crippen molar-refractivity contribution in [3.63, 3.8) is 0 Å². The Morgan fingerprint density at radius 1 is 1.21 bits per heavy atom. The summed E-state index contributed by atoms with van der Waals surface area (Å²) in [6.45, 7) is 0.0115. The fourth-order valence-corrected chi connectivity index (χ4v) is 2.53. The average Bonchev–Trinajstić information content (AvgIpc) is 2.71. The standard InChI is InChI=1S/C20H20N4O4/c1-3-15-7-6-8-16(13-15)23(14-19(25)21-2)20(26)11-12-22-17-9-4-5-10-18(17)24(27)28/h1,4-10,13,22H,11-12,14H2,2H3,(H,21,25). The average molecular weight is 380 g/mol. The molecule has 0 saturated heterocycles. The molecule has 0 atom stereocenters. The van der Waals surface area contributed by atoms with Gasteiger partial charge in [0.1, 0.15) is 12.2 Å². The van der Waals surface area contributed by atoms with Gasteiger partial charge < -0.3 is 15.5 Å². The van der Waals surface area contributed by atoms with E-state index in [1.807, 2.05) is 0 Å². The van der Waals surface area contributed by atoms with Crippen molar-refractivity contribution in [2.45, 2.75) is 6.42 Å². The molecule has 144 valence electrons. The number of para-hydroxylation sites is 2. The third-order valence-electron chi connectivity index (χ3n) is 3.96. The van der Waals surface area contributed by atoms with Crippen molar-refractivity contribution in [2.24, 2.45) is 0 Å². The lowest BCUT2D eigenvalue weighted by molar-refractivity contribution is -0.384. The van der Waals surface area contributed by atoms with E-state index in [0.717, 1.165) is 0 Å². The number of benzene rings is 2. The number of terminal acetylenes is 1. The predicted molar refractivity (Wildman–Crippen MR) is 107 cm³/mol. The van der Waals surface area contributed by atoms with Crippen LogP contribution in [0.4, 0.5) is 17.1 Å². The third-order valence-corrected chi connectivity index (χ3v) is 3.96. The molecule has 8 heteroatoms. The first-order chi connectivity index (χ1) is 13.5. The monoisotopic (exact) mass is 380 g/mol. The molecule has 0 heterocycles. The summed E-state index contributed by atoms with van der Waals surface area (Å²) in [6, 6.07) is 13.0. The summed E-state index contributed by atoms with van der Waals surface area (Å²) in [5.74, 6) is 1.85. The molecular weight excluding hydrogens is 360 g/mol. The summed E-state index contributed by atoms with van der Waals surface area (Å²) in [5, 5.41) is 16.4. The molecule has 0 aliphatic carbocycles. The van der Waals surface area contributed by atoms with Gasteiger partial charge in [-0.3, -0.25) is 19.7 Å². The van der Waals surface area contributed by atoms with Gasteiger partial charge in [-0.05, 0) is 24.3 Å². The fraction of sp³-hybridized carbons (Fsp3) is 0.200. The van der Waals surface area contributed by atoms with Gasteiger partial charge in [-0.2, -0.15) is 0 Å². The second kappa shape index (κ2) is 9.73. The SMILES string of the molecule is C#Cc1cccc(N(CC(=O)NC)C(=O)CCNc2ccccc2[N+](=O)[O-])c1. The molecule has 28 heavy (non-hydrogen) atoms. The molecule has 0 spiro atoms. The van der Waals surface area contributed by atoms with Gasteiger partial charge in [0.2, 0.25) is 11.8 Å². The zero-order valence-electron chi connectivity index (χ0n) is 15.3. The second-order valence-corrected chi connectivity index (χ2v) is 5.80. The van der Waals surface area contributed by atoms with Crippen molar-refractivity contribution in [2.75, 3.05) is 30.4 Å². The van der Waals surface area contributed by atoms with E-state index in [-0.39, 0.29) is 37.0 Å². The van der Waals surface area contributed by atoms with Gasteiger partial charge in [-0.25, -0.2) is 0 Å². The Balaban J connectivity index is 2.11. The van der Waals surface area contributed by atoms with Crippen molar-refractivity contribution < 1.29 is 14.5 Å². The smallest absolute Gasteiger partial charge is 0.292 e. The lowest BCUT2D eigenvalue weighted by Crippen LogP contribution is -2.40. The van der Waals surface area contributed by atoms with Crippen LogP contribution in [-0.4, -0.2) is 36.9 Å². The highest BCUT2D eigenvalue weighted by atomic mass is 16.6. The van der Waals surface area contributed by atoms with E-state index in [0.29, 0.717) is 16.9 Å². The number of carbonyl (C=O) groups excluding carboxylic acids is 2. The number of rotatable bonds is 8.